The van der Waals surface area contributed by atoms with E-state index in [9.17, 15) is 17.2 Å². The number of hydrogen-bond donors (Lipinski definition) is 1. The van der Waals surface area contributed by atoms with Gasteiger partial charge in [-0.2, -0.15) is 12.7 Å². The van der Waals surface area contributed by atoms with E-state index in [0.29, 0.717) is 24.6 Å². The van der Waals surface area contributed by atoms with Crippen molar-refractivity contribution in [3.05, 3.63) is 59.7 Å². The van der Waals surface area contributed by atoms with E-state index in [4.69, 9.17) is 0 Å². The first-order valence-corrected chi connectivity index (χ1v) is 10.4. The molecule has 1 N–H and O–H groups in total. The van der Waals surface area contributed by atoms with Gasteiger partial charge in [-0.1, -0.05) is 12.1 Å². The number of anilines is 2. The number of fused-ring (bicyclic) bond motifs is 1. The molecule has 0 bridgehead atoms. The third-order valence-electron chi connectivity index (χ3n) is 4.83. The van der Waals surface area contributed by atoms with E-state index < -0.39 is 21.8 Å². The number of halogens is 2. The average Bonchev–Trinajstić information content (AvgIpc) is 3.44. The Bertz CT molecular complexity index is 948. The van der Waals surface area contributed by atoms with Gasteiger partial charge in [0.1, 0.15) is 11.6 Å². The third-order valence-corrected chi connectivity index (χ3v) is 6.65. The fraction of sp³-hybridized carbons (Fsp3) is 0.368. The van der Waals surface area contributed by atoms with Gasteiger partial charge < -0.3 is 5.32 Å². The lowest BCUT2D eigenvalue weighted by molar-refractivity contribution is 0.388. The Hall–Kier alpha value is -2.03. The molecule has 1 heterocycles. The van der Waals surface area contributed by atoms with Crippen LogP contribution in [0.1, 0.15) is 24.8 Å². The van der Waals surface area contributed by atoms with E-state index in [-0.39, 0.29) is 24.5 Å². The monoisotopic (exact) mass is 393 g/mol. The van der Waals surface area contributed by atoms with E-state index in [1.807, 2.05) is 0 Å². The summed E-state index contributed by atoms with van der Waals surface area (Å²) < 4.78 is 56.9. The molecule has 8 heteroatoms. The molecule has 0 atom stereocenters. The molecule has 1 saturated carbocycles. The molecule has 0 aromatic heterocycles. The third kappa shape index (κ3) is 3.69. The van der Waals surface area contributed by atoms with Crippen molar-refractivity contribution in [3.8, 4) is 0 Å². The minimum absolute atomic E-state index is 0.0637. The van der Waals surface area contributed by atoms with E-state index in [1.165, 1.54) is 40.7 Å². The van der Waals surface area contributed by atoms with Gasteiger partial charge in [0.2, 0.25) is 0 Å². The summed E-state index contributed by atoms with van der Waals surface area (Å²) in [6, 6.07) is 10.2. The molecule has 0 saturated heterocycles. The molecule has 1 fully saturated rings. The summed E-state index contributed by atoms with van der Waals surface area (Å²) in [5.41, 5.74) is 0.739. The van der Waals surface area contributed by atoms with Gasteiger partial charge in [-0.15, -0.1) is 0 Å². The molecular formula is C19H21F2N3O2S. The normalized spacial score (nSPS) is 19.1. The highest BCUT2D eigenvalue weighted by Gasteiger charge is 2.38. The first kappa shape index (κ1) is 18.3. The van der Waals surface area contributed by atoms with Gasteiger partial charge in [0, 0.05) is 19.1 Å². The summed E-state index contributed by atoms with van der Waals surface area (Å²) in [6.07, 6.45) is 2.96. The van der Waals surface area contributed by atoms with Crippen LogP contribution in [-0.4, -0.2) is 31.9 Å². The Labute approximate surface area is 157 Å². The molecular weight excluding hydrogens is 372 g/mol. The second kappa shape index (κ2) is 7.18. The lowest BCUT2D eigenvalue weighted by Crippen LogP contribution is -2.46. The lowest BCUT2D eigenvalue weighted by Gasteiger charge is -2.37. The van der Waals surface area contributed by atoms with Crippen molar-refractivity contribution in [2.75, 3.05) is 17.4 Å². The SMILES string of the molecule is O=S1(=O)N(CCCNC2CC2)Cc2cc(F)ccc2N1c1ccccc1F. The number of hydrogen-bond acceptors (Lipinski definition) is 3. The van der Waals surface area contributed by atoms with Crippen molar-refractivity contribution < 1.29 is 17.2 Å². The van der Waals surface area contributed by atoms with Crippen LogP contribution in [0.5, 0.6) is 0 Å². The number of benzene rings is 2. The molecule has 2 aromatic carbocycles. The summed E-state index contributed by atoms with van der Waals surface area (Å²) in [5, 5.41) is 3.35. The highest BCUT2D eigenvalue weighted by Crippen LogP contribution is 2.39. The minimum Gasteiger partial charge on any atom is -0.314 e. The number of nitrogens with zero attached hydrogens (tertiary/aromatic N) is 2. The van der Waals surface area contributed by atoms with Gasteiger partial charge >= 0.3 is 10.2 Å². The van der Waals surface area contributed by atoms with Gasteiger partial charge in [0.25, 0.3) is 0 Å². The molecule has 0 radical (unpaired) electrons. The summed E-state index contributed by atoms with van der Waals surface area (Å²) in [4.78, 5) is 0. The molecule has 5 nitrogen and oxygen atoms in total. The molecule has 27 heavy (non-hydrogen) atoms. The summed E-state index contributed by atoms with van der Waals surface area (Å²) >= 11 is 0. The topological polar surface area (TPSA) is 52.7 Å². The van der Waals surface area contributed by atoms with Gasteiger partial charge in [0.15, 0.2) is 0 Å². The van der Waals surface area contributed by atoms with E-state index in [1.54, 1.807) is 6.07 Å². The molecule has 2 aliphatic rings. The fourth-order valence-corrected chi connectivity index (χ4v) is 5.02. The zero-order chi connectivity index (χ0) is 19.0. The molecule has 1 aliphatic heterocycles. The summed E-state index contributed by atoms with van der Waals surface area (Å²) in [5.74, 6) is -1.09. The fourth-order valence-electron chi connectivity index (χ4n) is 3.30. The molecule has 1 aliphatic carbocycles. The number of rotatable bonds is 6. The second-order valence-corrected chi connectivity index (χ2v) is 8.69. The molecule has 2 aromatic rings. The molecule has 0 unspecified atom stereocenters. The number of para-hydroxylation sites is 1. The standard InChI is InChI=1S/C19H21F2N3O2S/c20-15-6-9-18-14(12-15)13-23(11-3-10-22-16-7-8-16)27(25,26)24(18)19-5-2-1-4-17(19)21/h1-2,4-6,9,12,16,22H,3,7-8,10-11,13H2. The van der Waals surface area contributed by atoms with Crippen molar-refractivity contribution in [3.63, 3.8) is 0 Å². The van der Waals surface area contributed by atoms with Crippen molar-refractivity contribution in [1.82, 2.24) is 9.62 Å². The Balaban J connectivity index is 1.68. The van der Waals surface area contributed by atoms with Gasteiger partial charge in [0.05, 0.1) is 11.4 Å². The second-order valence-electron chi connectivity index (χ2n) is 6.91. The largest absolute Gasteiger partial charge is 0.314 e. The minimum atomic E-state index is -3.97. The van der Waals surface area contributed by atoms with Crippen LogP contribution < -0.4 is 9.62 Å². The summed E-state index contributed by atoms with van der Waals surface area (Å²) in [7, 11) is -3.97. The van der Waals surface area contributed by atoms with E-state index in [0.717, 1.165) is 17.1 Å². The maximum absolute atomic E-state index is 14.4. The predicted molar refractivity (Wildman–Crippen MR) is 99.9 cm³/mol. The number of nitrogens with one attached hydrogen (secondary N) is 1. The van der Waals surface area contributed by atoms with Crippen LogP contribution in [0.15, 0.2) is 42.5 Å². The van der Waals surface area contributed by atoms with Crippen LogP contribution in [-0.2, 0) is 16.8 Å². The average molecular weight is 393 g/mol. The van der Waals surface area contributed by atoms with E-state index in [2.05, 4.69) is 5.32 Å². The van der Waals surface area contributed by atoms with Crippen LogP contribution in [0.3, 0.4) is 0 Å². The van der Waals surface area contributed by atoms with Gasteiger partial charge in [-0.05, 0) is 61.7 Å². The Kier molecular flexibility index (Phi) is 4.88. The van der Waals surface area contributed by atoms with Crippen molar-refractivity contribution in [2.24, 2.45) is 0 Å². The maximum atomic E-state index is 14.4. The lowest BCUT2D eigenvalue weighted by atomic mass is 10.1. The molecule has 144 valence electrons. The quantitative estimate of drug-likeness (QED) is 0.766. The Morgan fingerprint density at radius 1 is 1.07 bits per heavy atom. The van der Waals surface area contributed by atoms with Crippen LogP contribution in [0.25, 0.3) is 0 Å². The summed E-state index contributed by atoms with van der Waals surface area (Å²) in [6.45, 7) is 1.07. The van der Waals surface area contributed by atoms with Crippen LogP contribution >= 0.6 is 0 Å². The molecule has 0 spiro atoms. The van der Waals surface area contributed by atoms with Crippen LogP contribution in [0.2, 0.25) is 0 Å². The zero-order valence-electron chi connectivity index (χ0n) is 14.7. The highest BCUT2D eigenvalue weighted by atomic mass is 32.2. The van der Waals surface area contributed by atoms with Gasteiger partial charge in [-0.3, -0.25) is 0 Å². The molecule has 4 rings (SSSR count). The first-order valence-electron chi connectivity index (χ1n) is 9.03. The highest BCUT2D eigenvalue weighted by molar-refractivity contribution is 7.90. The molecule has 0 amide bonds. The van der Waals surface area contributed by atoms with Crippen molar-refractivity contribution in [2.45, 2.75) is 31.8 Å². The predicted octanol–water partition coefficient (Wildman–Crippen LogP) is 3.31. The zero-order valence-corrected chi connectivity index (χ0v) is 15.6. The van der Waals surface area contributed by atoms with Crippen LogP contribution in [0, 0.1) is 11.6 Å². The van der Waals surface area contributed by atoms with Crippen molar-refractivity contribution >= 4 is 21.6 Å². The van der Waals surface area contributed by atoms with E-state index >= 15 is 0 Å². The Morgan fingerprint density at radius 2 is 1.85 bits per heavy atom. The first-order chi connectivity index (χ1) is 13.0. The van der Waals surface area contributed by atoms with Gasteiger partial charge in [-0.25, -0.2) is 13.1 Å². The maximum Gasteiger partial charge on any atom is 0.308 e. The smallest absolute Gasteiger partial charge is 0.308 e. The van der Waals surface area contributed by atoms with Crippen LogP contribution in [0.4, 0.5) is 20.2 Å². The Morgan fingerprint density at radius 3 is 2.59 bits per heavy atom. The van der Waals surface area contributed by atoms with Crippen molar-refractivity contribution in [1.29, 1.82) is 0 Å².